The average Bonchev–Trinajstić information content (AvgIpc) is 3.14. The summed E-state index contributed by atoms with van der Waals surface area (Å²) >= 11 is 12.5. The summed E-state index contributed by atoms with van der Waals surface area (Å²) in [6.07, 6.45) is 1.23. The molecule has 1 aromatic carbocycles. The third kappa shape index (κ3) is 3.60. The van der Waals surface area contributed by atoms with Gasteiger partial charge < -0.3 is 9.64 Å². The van der Waals surface area contributed by atoms with Gasteiger partial charge >= 0.3 is 0 Å². The van der Waals surface area contributed by atoms with Gasteiger partial charge in [0.05, 0.1) is 5.02 Å². The van der Waals surface area contributed by atoms with E-state index in [-0.39, 0.29) is 35.0 Å². The van der Waals surface area contributed by atoms with E-state index in [4.69, 9.17) is 27.9 Å². The molecule has 0 N–H and O–H groups in total. The Balaban J connectivity index is 1.78. The molecular formula is C17H22Cl2N2O4S. The van der Waals surface area contributed by atoms with E-state index in [9.17, 15) is 13.2 Å². The van der Waals surface area contributed by atoms with Crippen molar-refractivity contribution in [2.45, 2.75) is 37.7 Å². The van der Waals surface area contributed by atoms with E-state index in [0.29, 0.717) is 35.8 Å². The van der Waals surface area contributed by atoms with E-state index in [0.717, 1.165) is 12.8 Å². The van der Waals surface area contributed by atoms with Crippen molar-refractivity contribution in [2.24, 2.45) is 0 Å². The normalized spacial score (nSPS) is 22.0. The smallest absolute Gasteiger partial charge is 0.251 e. The van der Waals surface area contributed by atoms with Crippen molar-refractivity contribution in [1.82, 2.24) is 9.21 Å². The highest BCUT2D eigenvalue weighted by atomic mass is 35.5. The maximum atomic E-state index is 13.1. The Morgan fingerprint density at radius 2 is 1.85 bits per heavy atom. The summed E-state index contributed by atoms with van der Waals surface area (Å²) in [7, 11) is -3.79. The maximum Gasteiger partial charge on any atom is 0.251 e. The van der Waals surface area contributed by atoms with Gasteiger partial charge in [-0.3, -0.25) is 4.79 Å². The lowest BCUT2D eigenvalue weighted by atomic mass is 10.2. The van der Waals surface area contributed by atoms with Gasteiger partial charge in [-0.25, -0.2) is 8.42 Å². The molecule has 26 heavy (non-hydrogen) atoms. The molecule has 2 heterocycles. The van der Waals surface area contributed by atoms with Gasteiger partial charge in [0.1, 0.15) is 11.0 Å². The molecule has 0 unspecified atom stereocenters. The summed E-state index contributed by atoms with van der Waals surface area (Å²) in [6, 6.07) is 1.66. The van der Waals surface area contributed by atoms with E-state index >= 15 is 0 Å². The van der Waals surface area contributed by atoms with Gasteiger partial charge in [-0.2, -0.15) is 4.31 Å². The highest BCUT2D eigenvalue weighted by molar-refractivity contribution is 7.89. The fourth-order valence-corrected chi connectivity index (χ4v) is 5.96. The topological polar surface area (TPSA) is 66.9 Å². The summed E-state index contributed by atoms with van der Waals surface area (Å²) < 4.78 is 33.0. The molecule has 0 bridgehead atoms. The minimum Gasteiger partial charge on any atom is -0.368 e. The number of benzene rings is 1. The second-order valence-electron chi connectivity index (χ2n) is 6.67. The fourth-order valence-electron chi connectivity index (χ4n) is 3.37. The van der Waals surface area contributed by atoms with Gasteiger partial charge in [-0.1, -0.05) is 23.2 Å². The highest BCUT2D eigenvalue weighted by Gasteiger charge is 2.36. The van der Waals surface area contributed by atoms with Crippen LogP contribution in [0.5, 0.6) is 0 Å². The molecule has 1 atom stereocenters. The Kier molecular flexibility index (Phi) is 5.84. The molecule has 6 nitrogen and oxygen atoms in total. The van der Waals surface area contributed by atoms with Gasteiger partial charge in [-0.15, -0.1) is 0 Å². The third-order valence-electron chi connectivity index (χ3n) is 4.94. The van der Waals surface area contributed by atoms with Crippen molar-refractivity contribution in [1.29, 1.82) is 0 Å². The molecular weight excluding hydrogens is 399 g/mol. The molecule has 0 aliphatic carbocycles. The molecule has 0 spiro atoms. The van der Waals surface area contributed by atoms with Crippen molar-refractivity contribution in [3.05, 3.63) is 27.2 Å². The SMILES string of the molecule is Cc1cc(Cl)c(C)c(S(=O)(=O)N2CCN(C(=O)[C@H]3CCCO3)CC2)c1Cl. The quantitative estimate of drug-likeness (QED) is 0.753. The largest absolute Gasteiger partial charge is 0.368 e. The van der Waals surface area contributed by atoms with Crippen LogP contribution in [0.15, 0.2) is 11.0 Å². The highest BCUT2D eigenvalue weighted by Crippen LogP contribution is 2.35. The fraction of sp³-hybridized carbons (Fsp3) is 0.588. The summed E-state index contributed by atoms with van der Waals surface area (Å²) in [5, 5.41) is 0.572. The van der Waals surface area contributed by atoms with Crippen LogP contribution in [0.25, 0.3) is 0 Å². The van der Waals surface area contributed by atoms with Crippen LogP contribution in [-0.2, 0) is 19.6 Å². The summed E-state index contributed by atoms with van der Waals surface area (Å²) in [4.78, 5) is 14.2. The van der Waals surface area contributed by atoms with Crippen LogP contribution >= 0.6 is 23.2 Å². The first-order valence-corrected chi connectivity index (χ1v) is 10.8. The van der Waals surface area contributed by atoms with Crippen molar-refractivity contribution in [3.8, 4) is 0 Å². The Hall–Kier alpha value is -0.860. The number of halogens is 2. The van der Waals surface area contributed by atoms with E-state index in [1.54, 1.807) is 24.8 Å². The summed E-state index contributed by atoms with van der Waals surface area (Å²) in [5.74, 6) is -0.0487. The number of amides is 1. The lowest BCUT2D eigenvalue weighted by Gasteiger charge is -2.35. The number of aryl methyl sites for hydroxylation is 1. The number of hydrogen-bond donors (Lipinski definition) is 0. The number of carbonyl (C=O) groups excluding carboxylic acids is 1. The standard InChI is InChI=1S/C17H22Cl2N2O4S/c1-11-10-13(18)12(2)16(15(11)19)26(23,24)21-7-5-20(6-8-21)17(22)14-4-3-9-25-14/h10,14H,3-9H2,1-2H3/t14-/m1/s1. The predicted molar refractivity (Wildman–Crippen MR) is 100 cm³/mol. The molecule has 0 saturated carbocycles. The third-order valence-corrected chi connectivity index (χ3v) is 8.00. The van der Waals surface area contributed by atoms with Crippen LogP contribution < -0.4 is 0 Å². The average molecular weight is 421 g/mol. The van der Waals surface area contributed by atoms with Crippen molar-refractivity contribution in [2.75, 3.05) is 32.8 Å². The molecule has 1 aromatic rings. The monoisotopic (exact) mass is 420 g/mol. The van der Waals surface area contributed by atoms with Crippen LogP contribution in [0.2, 0.25) is 10.0 Å². The van der Waals surface area contributed by atoms with Crippen molar-refractivity contribution >= 4 is 39.1 Å². The second kappa shape index (κ2) is 7.64. The van der Waals surface area contributed by atoms with Gasteiger partial charge in [0.2, 0.25) is 10.0 Å². The maximum absolute atomic E-state index is 13.1. The molecule has 2 fully saturated rings. The van der Waals surface area contributed by atoms with Crippen LogP contribution in [-0.4, -0.2) is 62.4 Å². The minimum atomic E-state index is -3.79. The zero-order valence-electron chi connectivity index (χ0n) is 14.8. The summed E-state index contributed by atoms with van der Waals surface area (Å²) in [5.41, 5.74) is 1.06. The number of carbonyl (C=O) groups is 1. The van der Waals surface area contributed by atoms with Gasteiger partial charge in [0, 0.05) is 37.8 Å². The minimum absolute atomic E-state index is 0.0487. The molecule has 2 saturated heterocycles. The van der Waals surface area contributed by atoms with Gasteiger partial charge in [-0.05, 0) is 43.9 Å². The second-order valence-corrected chi connectivity index (χ2v) is 9.33. The molecule has 144 valence electrons. The Bertz CT molecular complexity index is 788. The van der Waals surface area contributed by atoms with E-state index < -0.39 is 10.0 Å². The van der Waals surface area contributed by atoms with Crippen LogP contribution in [0.4, 0.5) is 0 Å². The van der Waals surface area contributed by atoms with Crippen LogP contribution in [0.1, 0.15) is 24.0 Å². The van der Waals surface area contributed by atoms with Crippen molar-refractivity contribution < 1.29 is 17.9 Å². The number of nitrogens with zero attached hydrogens (tertiary/aromatic N) is 2. The number of sulfonamides is 1. The zero-order valence-corrected chi connectivity index (χ0v) is 17.1. The first kappa shape index (κ1) is 19.9. The summed E-state index contributed by atoms with van der Waals surface area (Å²) in [6.45, 7) is 5.12. The zero-order chi connectivity index (χ0) is 19.1. The Labute approximate surface area is 164 Å². The van der Waals surface area contributed by atoms with Crippen molar-refractivity contribution in [3.63, 3.8) is 0 Å². The molecule has 2 aliphatic heterocycles. The van der Waals surface area contributed by atoms with Gasteiger partial charge in [0.25, 0.3) is 5.91 Å². The number of piperazine rings is 1. The first-order valence-electron chi connectivity index (χ1n) is 8.59. The lowest BCUT2D eigenvalue weighted by Crippen LogP contribution is -2.52. The lowest BCUT2D eigenvalue weighted by molar-refractivity contribution is -0.142. The number of rotatable bonds is 3. The van der Waals surface area contributed by atoms with E-state index in [1.807, 2.05) is 0 Å². The van der Waals surface area contributed by atoms with E-state index in [2.05, 4.69) is 0 Å². The van der Waals surface area contributed by atoms with Crippen LogP contribution in [0, 0.1) is 13.8 Å². The molecule has 3 rings (SSSR count). The Morgan fingerprint density at radius 1 is 1.19 bits per heavy atom. The molecule has 9 heteroatoms. The molecule has 0 radical (unpaired) electrons. The molecule has 2 aliphatic rings. The predicted octanol–water partition coefficient (Wildman–Crippen LogP) is 2.62. The van der Waals surface area contributed by atoms with E-state index in [1.165, 1.54) is 4.31 Å². The molecule has 0 aromatic heterocycles. The number of hydrogen-bond acceptors (Lipinski definition) is 4. The molecule has 1 amide bonds. The first-order chi connectivity index (χ1) is 12.2. The Morgan fingerprint density at radius 3 is 2.42 bits per heavy atom. The number of ether oxygens (including phenoxy) is 1. The van der Waals surface area contributed by atoms with Gasteiger partial charge in [0.15, 0.2) is 0 Å². The van der Waals surface area contributed by atoms with Crippen LogP contribution in [0.3, 0.4) is 0 Å².